The first-order valence-corrected chi connectivity index (χ1v) is 23.2. The summed E-state index contributed by atoms with van der Waals surface area (Å²) in [5, 5.41) is 4.17. The third-order valence-corrected chi connectivity index (χ3v) is 18.1. The van der Waals surface area contributed by atoms with Crippen LogP contribution < -0.4 is 25.4 Å². The minimum atomic E-state index is -2.98. The second-order valence-electron chi connectivity index (χ2n) is 16.5. The summed E-state index contributed by atoms with van der Waals surface area (Å²) in [4.78, 5) is 4.98. The van der Waals surface area contributed by atoms with Crippen LogP contribution in [0.2, 0.25) is 5.54 Å². The van der Waals surface area contributed by atoms with E-state index in [1.807, 2.05) is 0 Å². The van der Waals surface area contributed by atoms with Crippen LogP contribution in [0, 0.1) is 0 Å². The molecule has 60 heavy (non-hydrogen) atoms. The zero-order valence-electron chi connectivity index (χ0n) is 34.2. The fraction of sp³-hybridized carbons (Fsp3) is 0.0877. The van der Waals surface area contributed by atoms with Gasteiger partial charge in [-0.1, -0.05) is 190 Å². The van der Waals surface area contributed by atoms with Crippen molar-refractivity contribution in [2.75, 3.05) is 9.80 Å². The van der Waals surface area contributed by atoms with E-state index < -0.39 is 8.07 Å². The number of hydrogen-bond acceptors (Lipinski definition) is 2. The largest absolute Gasteiger partial charge is 0.314 e. The minimum Gasteiger partial charge on any atom is -0.314 e. The Morgan fingerprint density at radius 3 is 1.53 bits per heavy atom. The van der Waals surface area contributed by atoms with Crippen molar-refractivity contribution in [1.29, 1.82) is 0 Å². The van der Waals surface area contributed by atoms with Crippen molar-refractivity contribution in [3.05, 3.63) is 253 Å². The van der Waals surface area contributed by atoms with E-state index in [9.17, 15) is 0 Å². The van der Waals surface area contributed by atoms with Crippen LogP contribution in [0.15, 0.2) is 242 Å². The summed E-state index contributed by atoms with van der Waals surface area (Å²) >= 11 is 0. The highest BCUT2D eigenvalue weighted by atomic mass is 28.3. The molecule has 1 unspecified atom stereocenters. The predicted molar refractivity (Wildman–Crippen MR) is 257 cm³/mol. The Morgan fingerprint density at radius 2 is 0.933 bits per heavy atom. The summed E-state index contributed by atoms with van der Waals surface area (Å²) < 4.78 is 0. The van der Waals surface area contributed by atoms with Gasteiger partial charge in [-0.15, -0.1) is 0 Å². The summed E-state index contributed by atoms with van der Waals surface area (Å²) in [6, 6.07) is 80.9. The molecule has 0 N–H and O–H groups in total. The molecular weight excluding hydrogens is 741 g/mol. The molecule has 0 radical (unpaired) electrons. The highest BCUT2D eigenvalue weighted by Crippen LogP contribution is 2.51. The van der Waals surface area contributed by atoms with E-state index in [-0.39, 0.29) is 11.0 Å². The third kappa shape index (κ3) is 6.34. The molecule has 0 heterocycles. The minimum absolute atomic E-state index is 0.0748. The second-order valence-corrected chi connectivity index (χ2v) is 20.5. The van der Waals surface area contributed by atoms with E-state index in [1.165, 1.54) is 49.2 Å². The number of para-hydroxylation sites is 4. The summed E-state index contributed by atoms with van der Waals surface area (Å²) in [7, 11) is -2.98. The van der Waals surface area contributed by atoms with Gasteiger partial charge in [-0.05, 0) is 110 Å². The van der Waals surface area contributed by atoms with Gasteiger partial charge in [-0.25, -0.2) is 0 Å². The number of nitrogens with zero attached hydrogens (tertiary/aromatic N) is 2. The lowest BCUT2D eigenvalue weighted by atomic mass is 9.82. The maximum atomic E-state index is 2.53. The highest BCUT2D eigenvalue weighted by Gasteiger charge is 2.48. The molecule has 0 saturated heterocycles. The van der Waals surface area contributed by atoms with Gasteiger partial charge in [0.1, 0.15) is 0 Å². The van der Waals surface area contributed by atoms with Gasteiger partial charge in [0.2, 0.25) is 0 Å². The van der Waals surface area contributed by atoms with E-state index >= 15 is 0 Å². The molecule has 0 amide bonds. The van der Waals surface area contributed by atoms with E-state index in [0.29, 0.717) is 0 Å². The summed E-state index contributed by atoms with van der Waals surface area (Å²) in [6.07, 6.45) is 8.04. The molecule has 2 nitrogen and oxygen atoms in total. The third-order valence-electron chi connectivity index (χ3n) is 12.8. The standard InChI is InChI=1S/C57H48N2Si/c1-57(2)53-36-19-18-35-51(53)52-42-47(39-40-54(52)57)59(45-27-12-5-13-28-45)55-37-20-21-38-56(55)60(48-30-14-6-15-31-48,49-32-16-7-17-33-49)50-34-22-29-46(41-50)58(43-23-8-3-9-24-43)44-25-10-4-11-26-44/h3-40,42,50H,41H2,1-2H3. The van der Waals surface area contributed by atoms with Crippen LogP contribution in [0.4, 0.5) is 28.4 Å². The van der Waals surface area contributed by atoms with E-state index in [1.54, 1.807) is 0 Å². The Bertz CT molecular complexity index is 2730. The quantitative estimate of drug-likeness (QED) is 0.101. The SMILES string of the molecule is CC1(C)c2ccccc2-c2cc(N(c3ccccc3)c3ccccc3[Si](c3ccccc3)(c3ccccc3)C3C=CC=C(N(c4ccccc4)c4ccccc4)C3)ccc21. The van der Waals surface area contributed by atoms with Crippen molar-refractivity contribution >= 4 is 52.1 Å². The highest BCUT2D eigenvalue weighted by molar-refractivity contribution is 7.13. The molecule has 290 valence electrons. The van der Waals surface area contributed by atoms with Gasteiger partial charge in [0, 0.05) is 39.5 Å². The zero-order valence-corrected chi connectivity index (χ0v) is 35.2. The number of anilines is 5. The van der Waals surface area contributed by atoms with Gasteiger partial charge in [0.05, 0.1) is 0 Å². The molecule has 0 aliphatic heterocycles. The fourth-order valence-electron chi connectivity index (χ4n) is 10.1. The zero-order chi connectivity index (χ0) is 40.5. The van der Waals surface area contributed by atoms with Crippen molar-refractivity contribution < 1.29 is 0 Å². The molecular formula is C57H48N2Si. The van der Waals surface area contributed by atoms with Crippen LogP contribution in [0.5, 0.6) is 0 Å². The first-order chi connectivity index (χ1) is 29.5. The Morgan fingerprint density at radius 1 is 0.450 bits per heavy atom. The number of fused-ring (bicyclic) bond motifs is 3. The maximum Gasteiger partial charge on any atom is 0.158 e. The van der Waals surface area contributed by atoms with Crippen molar-refractivity contribution in [3.63, 3.8) is 0 Å². The first-order valence-electron chi connectivity index (χ1n) is 21.1. The molecule has 0 spiro atoms. The van der Waals surface area contributed by atoms with Crippen LogP contribution in [0.25, 0.3) is 11.1 Å². The van der Waals surface area contributed by atoms with E-state index in [4.69, 9.17) is 0 Å². The average molecular weight is 789 g/mol. The second kappa shape index (κ2) is 15.7. The van der Waals surface area contributed by atoms with Gasteiger partial charge in [-0.3, -0.25) is 0 Å². The molecule has 1 atom stereocenters. The van der Waals surface area contributed by atoms with Crippen molar-refractivity contribution in [2.24, 2.45) is 0 Å². The predicted octanol–water partition coefficient (Wildman–Crippen LogP) is 13.0. The molecule has 8 aromatic rings. The lowest BCUT2D eigenvalue weighted by Gasteiger charge is -2.44. The molecule has 0 saturated carbocycles. The van der Waals surface area contributed by atoms with Gasteiger partial charge in [0.25, 0.3) is 0 Å². The number of benzene rings is 8. The van der Waals surface area contributed by atoms with Gasteiger partial charge >= 0.3 is 0 Å². The van der Waals surface area contributed by atoms with E-state index in [0.717, 1.165) is 29.2 Å². The lowest BCUT2D eigenvalue weighted by Crippen LogP contribution is -2.70. The Labute approximate surface area is 356 Å². The molecule has 10 rings (SSSR count). The average Bonchev–Trinajstić information content (AvgIpc) is 3.54. The van der Waals surface area contributed by atoms with Crippen LogP contribution >= 0.6 is 0 Å². The fourth-order valence-corrected chi connectivity index (χ4v) is 15.6. The monoisotopic (exact) mass is 788 g/mol. The van der Waals surface area contributed by atoms with Crippen LogP contribution in [0.3, 0.4) is 0 Å². The van der Waals surface area contributed by atoms with Gasteiger partial charge in [-0.2, -0.15) is 0 Å². The van der Waals surface area contributed by atoms with Crippen molar-refractivity contribution in [3.8, 4) is 11.1 Å². The molecule has 2 aliphatic rings. The first kappa shape index (κ1) is 37.3. The summed E-state index contributed by atoms with van der Waals surface area (Å²) in [5.41, 5.74) is 12.6. The molecule has 0 fully saturated rings. The van der Waals surface area contributed by atoms with Crippen molar-refractivity contribution in [1.82, 2.24) is 0 Å². The molecule has 8 aromatic carbocycles. The maximum absolute atomic E-state index is 2.98. The summed E-state index contributed by atoms with van der Waals surface area (Å²) in [6.45, 7) is 4.72. The van der Waals surface area contributed by atoms with Gasteiger partial charge < -0.3 is 9.80 Å². The Balaban J connectivity index is 1.21. The topological polar surface area (TPSA) is 6.48 Å². The smallest absolute Gasteiger partial charge is 0.158 e. The Hall–Kier alpha value is -6.94. The van der Waals surface area contributed by atoms with Crippen LogP contribution in [-0.2, 0) is 5.41 Å². The van der Waals surface area contributed by atoms with Crippen molar-refractivity contribution in [2.45, 2.75) is 31.2 Å². The van der Waals surface area contributed by atoms with Crippen LogP contribution in [0.1, 0.15) is 31.4 Å². The number of allylic oxidation sites excluding steroid dienone is 4. The lowest BCUT2D eigenvalue weighted by molar-refractivity contribution is 0.660. The Kier molecular flexibility index (Phi) is 9.75. The normalized spacial score (nSPS) is 15.1. The molecule has 0 bridgehead atoms. The molecule has 3 heteroatoms. The number of rotatable bonds is 10. The molecule has 2 aliphatic carbocycles. The van der Waals surface area contributed by atoms with Crippen LogP contribution in [-0.4, -0.2) is 8.07 Å². The number of hydrogen-bond donors (Lipinski definition) is 0. The van der Waals surface area contributed by atoms with E-state index in [2.05, 4.69) is 260 Å². The van der Waals surface area contributed by atoms with Gasteiger partial charge in [0.15, 0.2) is 8.07 Å². The summed E-state index contributed by atoms with van der Waals surface area (Å²) in [5.74, 6) is 0. The molecule has 0 aromatic heterocycles.